The van der Waals surface area contributed by atoms with Crippen molar-refractivity contribution >= 4 is 6.16 Å². The first kappa shape index (κ1) is 5.34. The summed E-state index contributed by atoms with van der Waals surface area (Å²) < 4.78 is 20.2. The van der Waals surface area contributed by atoms with Crippen LogP contribution in [0.3, 0.4) is 0 Å². The van der Waals surface area contributed by atoms with Gasteiger partial charge in [-0.25, -0.2) is 4.79 Å². The lowest BCUT2D eigenvalue weighted by Crippen LogP contribution is -2.11. The first-order valence-electron chi connectivity index (χ1n) is 2.21. The van der Waals surface area contributed by atoms with E-state index in [9.17, 15) is 9.18 Å². The zero-order valence-corrected chi connectivity index (χ0v) is 4.26. The van der Waals surface area contributed by atoms with E-state index in [1.807, 2.05) is 0 Å². The van der Waals surface area contributed by atoms with Gasteiger partial charge in [-0.3, -0.25) is 0 Å². The molecule has 2 atom stereocenters. The van der Waals surface area contributed by atoms with Gasteiger partial charge in [0.15, 0.2) is 6.10 Å². The van der Waals surface area contributed by atoms with Gasteiger partial charge in [-0.15, -0.1) is 0 Å². The van der Waals surface area contributed by atoms with Crippen LogP contribution in [0, 0.1) is 0 Å². The molecule has 3 nitrogen and oxygen atoms in total. The zero-order valence-electron chi connectivity index (χ0n) is 4.26. The Balaban J connectivity index is 2.51. The Hall–Kier alpha value is -0.800. The molecular weight excluding hydrogens is 115 g/mol. The highest BCUT2D eigenvalue weighted by atomic mass is 19.1. The first-order valence-corrected chi connectivity index (χ1v) is 2.21. The Bertz CT molecular complexity index is 102. The maximum absolute atomic E-state index is 12.0. The van der Waals surface area contributed by atoms with Crippen molar-refractivity contribution in [1.82, 2.24) is 0 Å². The molecular formula is C4H5FO3. The van der Waals surface area contributed by atoms with Crippen molar-refractivity contribution in [3.8, 4) is 0 Å². The van der Waals surface area contributed by atoms with Crippen molar-refractivity contribution in [1.29, 1.82) is 0 Å². The molecule has 1 aliphatic heterocycles. The molecule has 0 saturated carbocycles. The van der Waals surface area contributed by atoms with Crippen molar-refractivity contribution < 1.29 is 18.7 Å². The number of alkyl halides is 1. The molecule has 1 heterocycles. The van der Waals surface area contributed by atoms with Crippen LogP contribution in [-0.4, -0.2) is 18.6 Å². The van der Waals surface area contributed by atoms with Crippen LogP contribution in [0.4, 0.5) is 9.18 Å². The Morgan fingerprint density at radius 3 is 2.38 bits per heavy atom. The van der Waals surface area contributed by atoms with E-state index in [1.54, 1.807) is 0 Å². The third kappa shape index (κ3) is 0.731. The first-order chi connectivity index (χ1) is 3.70. The maximum atomic E-state index is 12.0. The van der Waals surface area contributed by atoms with E-state index >= 15 is 0 Å². The SMILES string of the molecule is C[C@H]1OC(=O)O[C@H]1F. The highest BCUT2D eigenvalue weighted by molar-refractivity contribution is 5.62. The highest BCUT2D eigenvalue weighted by Gasteiger charge is 2.32. The fourth-order valence-corrected chi connectivity index (χ4v) is 0.421. The van der Waals surface area contributed by atoms with Crippen molar-refractivity contribution in [2.45, 2.75) is 19.4 Å². The molecule has 0 N–H and O–H groups in total. The molecule has 0 aromatic carbocycles. The lowest BCUT2D eigenvalue weighted by molar-refractivity contribution is 0.0374. The molecule has 0 aromatic heterocycles. The molecule has 1 fully saturated rings. The van der Waals surface area contributed by atoms with Gasteiger partial charge in [-0.2, -0.15) is 4.39 Å². The average molecular weight is 120 g/mol. The number of hydrogen-bond acceptors (Lipinski definition) is 3. The third-order valence-electron chi connectivity index (χ3n) is 0.860. The summed E-state index contributed by atoms with van der Waals surface area (Å²) in [7, 11) is 0. The number of carbonyl (C=O) groups is 1. The van der Waals surface area contributed by atoms with Gasteiger partial charge in [0.25, 0.3) is 6.36 Å². The molecule has 1 aliphatic rings. The number of hydrogen-bond donors (Lipinski definition) is 0. The Morgan fingerprint density at radius 1 is 1.62 bits per heavy atom. The van der Waals surface area contributed by atoms with E-state index in [1.165, 1.54) is 6.92 Å². The molecule has 0 amide bonds. The predicted molar refractivity (Wildman–Crippen MR) is 21.9 cm³/mol. The molecule has 0 radical (unpaired) electrons. The van der Waals surface area contributed by atoms with Crippen LogP contribution in [0.25, 0.3) is 0 Å². The highest BCUT2D eigenvalue weighted by Crippen LogP contribution is 2.14. The van der Waals surface area contributed by atoms with Crippen LogP contribution in [-0.2, 0) is 9.47 Å². The van der Waals surface area contributed by atoms with Crippen LogP contribution in [0.5, 0.6) is 0 Å². The van der Waals surface area contributed by atoms with E-state index in [0.717, 1.165) is 0 Å². The van der Waals surface area contributed by atoms with Gasteiger partial charge in [-0.05, 0) is 6.92 Å². The van der Waals surface area contributed by atoms with E-state index in [-0.39, 0.29) is 0 Å². The number of carbonyl (C=O) groups excluding carboxylic acids is 1. The van der Waals surface area contributed by atoms with Crippen LogP contribution in [0.1, 0.15) is 6.92 Å². The molecule has 0 unspecified atom stereocenters. The summed E-state index contributed by atoms with van der Waals surface area (Å²) in [5, 5.41) is 0. The van der Waals surface area contributed by atoms with Gasteiger partial charge in [0.1, 0.15) is 0 Å². The van der Waals surface area contributed by atoms with Gasteiger partial charge in [-0.1, -0.05) is 0 Å². The smallest absolute Gasteiger partial charge is 0.424 e. The molecule has 4 heteroatoms. The molecule has 1 rings (SSSR count). The lowest BCUT2D eigenvalue weighted by Gasteiger charge is -1.96. The second kappa shape index (κ2) is 1.61. The largest absolute Gasteiger partial charge is 0.511 e. The molecule has 0 bridgehead atoms. The minimum Gasteiger partial charge on any atom is -0.424 e. The van der Waals surface area contributed by atoms with E-state index in [0.29, 0.717) is 0 Å². The number of halogens is 1. The minimum absolute atomic E-state index is 0.748. The monoisotopic (exact) mass is 120 g/mol. The maximum Gasteiger partial charge on any atom is 0.511 e. The van der Waals surface area contributed by atoms with E-state index in [4.69, 9.17) is 0 Å². The quantitative estimate of drug-likeness (QED) is 0.444. The summed E-state index contributed by atoms with van der Waals surface area (Å²) in [6.07, 6.45) is -3.25. The van der Waals surface area contributed by atoms with Gasteiger partial charge in [0.05, 0.1) is 0 Å². The second-order valence-corrected chi connectivity index (χ2v) is 1.54. The molecule has 1 saturated heterocycles. The second-order valence-electron chi connectivity index (χ2n) is 1.54. The van der Waals surface area contributed by atoms with Gasteiger partial charge in [0, 0.05) is 0 Å². The predicted octanol–water partition coefficient (Wildman–Crippen LogP) is 0.837. The molecule has 8 heavy (non-hydrogen) atoms. The van der Waals surface area contributed by atoms with Crippen LogP contribution < -0.4 is 0 Å². The Morgan fingerprint density at radius 2 is 2.25 bits per heavy atom. The fourth-order valence-electron chi connectivity index (χ4n) is 0.421. The van der Waals surface area contributed by atoms with Crippen molar-refractivity contribution in [3.63, 3.8) is 0 Å². The standard InChI is InChI=1S/C4H5FO3/c1-2-3(5)8-4(6)7-2/h2-3H,1H3/t2-,3-/m1/s1. The number of cyclic esters (lactones) is 2. The molecule has 0 aromatic rings. The van der Waals surface area contributed by atoms with E-state index in [2.05, 4.69) is 9.47 Å². The average Bonchev–Trinajstić information content (AvgIpc) is 1.85. The van der Waals surface area contributed by atoms with E-state index < -0.39 is 18.6 Å². The van der Waals surface area contributed by atoms with Crippen LogP contribution in [0.15, 0.2) is 0 Å². The molecule has 0 spiro atoms. The van der Waals surface area contributed by atoms with Crippen molar-refractivity contribution in [2.24, 2.45) is 0 Å². The Labute approximate surface area is 45.4 Å². The Kier molecular flexibility index (Phi) is 1.08. The van der Waals surface area contributed by atoms with Crippen LogP contribution in [0.2, 0.25) is 0 Å². The topological polar surface area (TPSA) is 35.5 Å². The number of rotatable bonds is 0. The number of ether oxygens (including phenoxy) is 2. The fraction of sp³-hybridized carbons (Fsp3) is 0.750. The van der Waals surface area contributed by atoms with Crippen molar-refractivity contribution in [3.05, 3.63) is 0 Å². The summed E-state index contributed by atoms with van der Waals surface area (Å²) in [6, 6.07) is 0. The molecule has 46 valence electrons. The summed E-state index contributed by atoms with van der Waals surface area (Å²) >= 11 is 0. The minimum atomic E-state index is -1.58. The summed E-state index contributed by atoms with van der Waals surface area (Å²) in [5.74, 6) is 0. The third-order valence-corrected chi connectivity index (χ3v) is 0.860. The molecule has 0 aliphatic carbocycles. The lowest BCUT2D eigenvalue weighted by atomic mass is 10.4. The summed E-state index contributed by atoms with van der Waals surface area (Å²) in [6.45, 7) is 1.43. The normalized spacial score (nSPS) is 36.5. The summed E-state index contributed by atoms with van der Waals surface area (Å²) in [4.78, 5) is 9.98. The summed E-state index contributed by atoms with van der Waals surface area (Å²) in [5.41, 5.74) is 0. The van der Waals surface area contributed by atoms with Crippen molar-refractivity contribution in [2.75, 3.05) is 0 Å². The zero-order chi connectivity index (χ0) is 6.15. The van der Waals surface area contributed by atoms with Gasteiger partial charge in [0.2, 0.25) is 0 Å². The van der Waals surface area contributed by atoms with Gasteiger partial charge < -0.3 is 9.47 Å². The van der Waals surface area contributed by atoms with Crippen LogP contribution >= 0.6 is 0 Å². The van der Waals surface area contributed by atoms with Gasteiger partial charge >= 0.3 is 6.16 Å².